The summed E-state index contributed by atoms with van der Waals surface area (Å²) >= 11 is 0. The van der Waals surface area contributed by atoms with Crippen molar-refractivity contribution in [3.05, 3.63) is 35.9 Å². The van der Waals surface area contributed by atoms with Gasteiger partial charge in [-0.1, -0.05) is 37.3 Å². The molecule has 0 aliphatic rings. The monoisotopic (exact) mass is 243 g/mol. The fraction of sp³-hybridized carbons (Fsp3) is 0.538. The zero-order valence-corrected chi connectivity index (χ0v) is 11.0. The highest BCUT2D eigenvalue weighted by atomic mass is 35.5. The molecule has 0 saturated carbocycles. The predicted molar refractivity (Wildman–Crippen MR) is 71.1 cm³/mol. The van der Waals surface area contributed by atoms with Gasteiger partial charge in [-0.3, -0.25) is 4.90 Å². The largest absolute Gasteiger partial charge is 0.380 e. The van der Waals surface area contributed by atoms with E-state index < -0.39 is 0 Å². The van der Waals surface area contributed by atoms with Gasteiger partial charge in [-0.2, -0.15) is 0 Å². The molecule has 0 heterocycles. The first kappa shape index (κ1) is 15.4. The van der Waals surface area contributed by atoms with E-state index in [1.54, 1.807) is 0 Å². The fourth-order valence-corrected chi connectivity index (χ4v) is 1.44. The van der Waals surface area contributed by atoms with Gasteiger partial charge >= 0.3 is 0 Å². The van der Waals surface area contributed by atoms with E-state index >= 15 is 0 Å². The molecule has 0 aliphatic heterocycles. The highest BCUT2D eigenvalue weighted by Gasteiger charge is 1.98. The Bertz CT molecular complexity index is 253. The van der Waals surface area contributed by atoms with E-state index in [2.05, 4.69) is 43.1 Å². The van der Waals surface area contributed by atoms with Crippen LogP contribution >= 0.6 is 12.4 Å². The van der Waals surface area contributed by atoms with Crippen LogP contribution in [0.4, 0.5) is 0 Å². The van der Waals surface area contributed by atoms with Crippen LogP contribution in [-0.4, -0.2) is 31.7 Å². The highest BCUT2D eigenvalue weighted by Crippen LogP contribution is 2.01. The summed E-state index contributed by atoms with van der Waals surface area (Å²) in [6, 6.07) is 10.5. The van der Waals surface area contributed by atoms with Gasteiger partial charge in [0.25, 0.3) is 0 Å². The van der Waals surface area contributed by atoms with E-state index in [0.717, 1.165) is 32.7 Å². The number of ether oxygens (including phenoxy) is 1. The summed E-state index contributed by atoms with van der Waals surface area (Å²) < 4.78 is 5.45. The molecule has 0 aromatic heterocycles. The first-order chi connectivity index (χ1) is 7.33. The summed E-state index contributed by atoms with van der Waals surface area (Å²) in [5.41, 5.74) is 1.36. The molecule has 0 amide bonds. The molecular formula is C13H22ClNO. The van der Waals surface area contributed by atoms with Gasteiger partial charge in [-0.05, 0) is 19.0 Å². The average molecular weight is 244 g/mol. The van der Waals surface area contributed by atoms with Gasteiger partial charge in [0.05, 0.1) is 6.61 Å². The van der Waals surface area contributed by atoms with Crippen LogP contribution in [0.25, 0.3) is 0 Å². The molecule has 0 aliphatic carbocycles. The van der Waals surface area contributed by atoms with E-state index in [1.165, 1.54) is 5.56 Å². The minimum absolute atomic E-state index is 0. The topological polar surface area (TPSA) is 12.5 Å². The van der Waals surface area contributed by atoms with Crippen LogP contribution < -0.4 is 0 Å². The summed E-state index contributed by atoms with van der Waals surface area (Å²) in [5.74, 6) is 0. The van der Waals surface area contributed by atoms with E-state index in [0.29, 0.717) is 0 Å². The highest BCUT2D eigenvalue weighted by molar-refractivity contribution is 5.85. The lowest BCUT2D eigenvalue weighted by molar-refractivity contribution is 0.110. The van der Waals surface area contributed by atoms with Gasteiger partial charge in [0.2, 0.25) is 0 Å². The van der Waals surface area contributed by atoms with Gasteiger partial charge in [0.15, 0.2) is 0 Å². The Kier molecular flexibility index (Phi) is 9.30. The summed E-state index contributed by atoms with van der Waals surface area (Å²) in [6.07, 6.45) is 1.10. The van der Waals surface area contributed by atoms with Crippen LogP contribution in [0.2, 0.25) is 0 Å². The standard InChI is InChI=1S/C13H21NO.ClH/c1-3-10-15-11-9-14(2)12-13-7-5-4-6-8-13;/h4-8H,3,9-12H2,1-2H3;1H. The molecule has 2 nitrogen and oxygen atoms in total. The Labute approximate surface area is 105 Å². The third-order valence-electron chi connectivity index (χ3n) is 2.26. The molecule has 0 unspecified atom stereocenters. The zero-order chi connectivity index (χ0) is 10.9. The van der Waals surface area contributed by atoms with E-state index in [4.69, 9.17) is 4.74 Å². The third kappa shape index (κ3) is 6.83. The predicted octanol–water partition coefficient (Wildman–Crippen LogP) is 2.97. The molecule has 0 N–H and O–H groups in total. The molecule has 16 heavy (non-hydrogen) atoms. The van der Waals surface area contributed by atoms with Crippen LogP contribution in [0.3, 0.4) is 0 Å². The molecule has 0 fully saturated rings. The second-order valence-electron chi connectivity index (χ2n) is 3.84. The van der Waals surface area contributed by atoms with Gasteiger partial charge in [0.1, 0.15) is 0 Å². The van der Waals surface area contributed by atoms with Crippen LogP contribution in [0.5, 0.6) is 0 Å². The number of nitrogens with zero attached hydrogens (tertiary/aromatic N) is 1. The average Bonchev–Trinajstić information content (AvgIpc) is 2.26. The van der Waals surface area contributed by atoms with Crippen molar-refractivity contribution >= 4 is 12.4 Å². The van der Waals surface area contributed by atoms with E-state index in [9.17, 15) is 0 Å². The van der Waals surface area contributed by atoms with Crippen LogP contribution in [-0.2, 0) is 11.3 Å². The Morgan fingerprint density at radius 1 is 1.12 bits per heavy atom. The van der Waals surface area contributed by atoms with Crippen LogP contribution in [0.1, 0.15) is 18.9 Å². The van der Waals surface area contributed by atoms with Crippen molar-refractivity contribution in [3.63, 3.8) is 0 Å². The number of rotatable bonds is 7. The van der Waals surface area contributed by atoms with Crippen LogP contribution in [0.15, 0.2) is 30.3 Å². The Morgan fingerprint density at radius 3 is 2.44 bits per heavy atom. The van der Waals surface area contributed by atoms with E-state index in [-0.39, 0.29) is 12.4 Å². The number of hydrogen-bond acceptors (Lipinski definition) is 2. The maximum Gasteiger partial charge on any atom is 0.0593 e. The van der Waals surface area contributed by atoms with Crippen molar-refractivity contribution in [1.29, 1.82) is 0 Å². The SMILES string of the molecule is CCCOCCN(C)Cc1ccccc1.Cl. The molecule has 1 aromatic rings. The Hall–Kier alpha value is -0.570. The number of benzene rings is 1. The summed E-state index contributed by atoms with van der Waals surface area (Å²) in [6.45, 7) is 5.83. The fourth-order valence-electron chi connectivity index (χ4n) is 1.44. The Balaban J connectivity index is 0.00000225. The lowest BCUT2D eigenvalue weighted by Crippen LogP contribution is -2.22. The maximum absolute atomic E-state index is 5.45. The van der Waals surface area contributed by atoms with Gasteiger partial charge in [-0.25, -0.2) is 0 Å². The second-order valence-corrected chi connectivity index (χ2v) is 3.84. The molecule has 1 aromatic carbocycles. The zero-order valence-electron chi connectivity index (χ0n) is 10.2. The first-order valence-corrected chi connectivity index (χ1v) is 5.63. The van der Waals surface area contributed by atoms with Crippen molar-refractivity contribution in [2.45, 2.75) is 19.9 Å². The minimum Gasteiger partial charge on any atom is -0.380 e. The van der Waals surface area contributed by atoms with E-state index in [1.807, 2.05) is 6.07 Å². The van der Waals surface area contributed by atoms with Gasteiger partial charge < -0.3 is 4.74 Å². The third-order valence-corrected chi connectivity index (χ3v) is 2.26. The number of halogens is 1. The smallest absolute Gasteiger partial charge is 0.0593 e. The van der Waals surface area contributed by atoms with Crippen molar-refractivity contribution in [2.75, 3.05) is 26.8 Å². The molecule has 0 atom stereocenters. The number of likely N-dealkylation sites (N-methyl/N-ethyl adjacent to an activating group) is 1. The lowest BCUT2D eigenvalue weighted by Gasteiger charge is -2.16. The second kappa shape index (κ2) is 9.64. The maximum atomic E-state index is 5.45. The molecule has 3 heteroatoms. The molecule has 0 radical (unpaired) electrons. The van der Waals surface area contributed by atoms with Crippen molar-refractivity contribution in [3.8, 4) is 0 Å². The lowest BCUT2D eigenvalue weighted by atomic mass is 10.2. The summed E-state index contributed by atoms with van der Waals surface area (Å²) in [7, 11) is 2.13. The quantitative estimate of drug-likeness (QED) is 0.683. The molecule has 0 saturated heterocycles. The molecule has 1 rings (SSSR count). The van der Waals surface area contributed by atoms with Gasteiger partial charge in [0, 0.05) is 19.7 Å². The normalized spacial score (nSPS) is 10.2. The van der Waals surface area contributed by atoms with Crippen molar-refractivity contribution in [1.82, 2.24) is 4.90 Å². The first-order valence-electron chi connectivity index (χ1n) is 5.63. The van der Waals surface area contributed by atoms with Crippen molar-refractivity contribution < 1.29 is 4.74 Å². The summed E-state index contributed by atoms with van der Waals surface area (Å²) in [5, 5.41) is 0. The molecular weight excluding hydrogens is 222 g/mol. The molecule has 0 bridgehead atoms. The van der Waals surface area contributed by atoms with Gasteiger partial charge in [-0.15, -0.1) is 12.4 Å². The minimum atomic E-state index is 0. The van der Waals surface area contributed by atoms with Crippen LogP contribution in [0, 0.1) is 0 Å². The molecule has 92 valence electrons. The van der Waals surface area contributed by atoms with Crippen molar-refractivity contribution in [2.24, 2.45) is 0 Å². The Morgan fingerprint density at radius 2 is 1.81 bits per heavy atom. The molecule has 0 spiro atoms. The number of hydrogen-bond donors (Lipinski definition) is 0. The summed E-state index contributed by atoms with van der Waals surface area (Å²) in [4.78, 5) is 2.28.